The van der Waals surface area contributed by atoms with Crippen molar-refractivity contribution in [2.24, 2.45) is 4.99 Å². The van der Waals surface area contributed by atoms with Crippen molar-refractivity contribution in [1.82, 2.24) is 19.6 Å². The number of nitrogens with zero attached hydrogens (tertiary/aromatic N) is 5. The number of hydrogen-bond donors (Lipinski definition) is 11. The molecule has 15 rings (SSSR count). The average molecular weight is 1870 g/mol. The van der Waals surface area contributed by atoms with Gasteiger partial charge in [-0.25, -0.2) is 26.3 Å². The Hall–Kier alpha value is -15.0. The molecular formula is C98H84Cl4F6N16O8. The molecule has 0 atom stereocenters. The minimum atomic E-state index is -0.833. The van der Waals surface area contributed by atoms with Crippen LogP contribution in [0.2, 0.25) is 20.1 Å². The van der Waals surface area contributed by atoms with Gasteiger partial charge >= 0.3 is 0 Å². The molecule has 0 aliphatic carbocycles. The normalized spacial score (nSPS) is 12.4. The number of aliphatic imine (C=N–C) groups is 1. The van der Waals surface area contributed by atoms with Crippen LogP contribution < -0.4 is 42.5 Å². The fourth-order valence-electron chi connectivity index (χ4n) is 13.7. The third-order valence-electron chi connectivity index (χ3n) is 20.7. The number of amidine groups is 4. The van der Waals surface area contributed by atoms with Crippen molar-refractivity contribution in [2.75, 3.05) is 103 Å². The molecule has 12 aromatic rings. The van der Waals surface area contributed by atoms with Crippen LogP contribution in [0.5, 0.6) is 0 Å². The van der Waals surface area contributed by atoms with E-state index in [0.29, 0.717) is 89.1 Å². The smallest absolute Gasteiger partial charge is 0.258 e. The molecule has 2 fully saturated rings. The van der Waals surface area contributed by atoms with Gasteiger partial charge in [0.15, 0.2) is 0 Å². The Labute approximate surface area is 774 Å². The summed E-state index contributed by atoms with van der Waals surface area (Å²) < 4.78 is 84.7. The summed E-state index contributed by atoms with van der Waals surface area (Å²) in [7, 11) is 5.15. The number of rotatable bonds is 20. The number of halogens is 10. The van der Waals surface area contributed by atoms with Gasteiger partial charge in [0, 0.05) is 130 Å². The van der Waals surface area contributed by atoms with Crippen LogP contribution in [0.4, 0.5) is 71.8 Å². The molecule has 24 nitrogen and oxygen atoms in total. The molecule has 2 saturated heterocycles. The number of carbonyl (C=O) groups is 8. The minimum absolute atomic E-state index is 0.00683. The van der Waals surface area contributed by atoms with Crippen molar-refractivity contribution in [3.63, 3.8) is 0 Å². The van der Waals surface area contributed by atoms with E-state index in [0.717, 1.165) is 112 Å². The van der Waals surface area contributed by atoms with Crippen molar-refractivity contribution >= 4 is 163 Å². The predicted molar refractivity (Wildman–Crippen MR) is 505 cm³/mol. The minimum Gasteiger partial charge on any atom is -0.363 e. The zero-order valence-electron chi connectivity index (χ0n) is 70.8. The van der Waals surface area contributed by atoms with Gasteiger partial charge in [-0.1, -0.05) is 82.8 Å². The Morgan fingerprint density at radius 3 is 0.886 bits per heavy atom. The molecule has 8 amide bonds. The van der Waals surface area contributed by atoms with Crippen LogP contribution in [0.1, 0.15) is 137 Å². The Kier molecular flexibility index (Phi) is 32.6. The highest BCUT2D eigenvalue weighted by atomic mass is 35.5. The molecule has 3 aliphatic heterocycles. The molecule has 12 aromatic carbocycles. The molecule has 0 saturated carbocycles. The monoisotopic (exact) mass is 1870 g/mol. The second-order valence-electron chi connectivity index (χ2n) is 30.3. The van der Waals surface area contributed by atoms with Gasteiger partial charge in [-0.2, -0.15) is 0 Å². The lowest BCUT2D eigenvalue weighted by Crippen LogP contribution is -2.35. The van der Waals surface area contributed by atoms with Crippen LogP contribution >= 0.6 is 46.4 Å². The summed E-state index contributed by atoms with van der Waals surface area (Å²) >= 11 is 23.4. The fourth-order valence-corrected chi connectivity index (χ4v) is 14.2. The summed E-state index contributed by atoms with van der Waals surface area (Å²) in [6.07, 6.45) is 5.50. The van der Waals surface area contributed by atoms with Crippen molar-refractivity contribution in [2.45, 2.75) is 32.1 Å². The largest absolute Gasteiger partial charge is 0.363 e. The summed E-state index contributed by atoms with van der Waals surface area (Å²) in [4.78, 5) is 114. The molecular weight excluding hydrogens is 1780 g/mol. The van der Waals surface area contributed by atoms with Gasteiger partial charge in [0.05, 0.1) is 62.7 Å². The first-order valence-corrected chi connectivity index (χ1v) is 42.5. The van der Waals surface area contributed by atoms with Crippen molar-refractivity contribution in [1.29, 1.82) is 16.2 Å². The predicted octanol–water partition coefficient (Wildman–Crippen LogP) is 21.0. The molecule has 3 aliphatic rings. The van der Waals surface area contributed by atoms with E-state index in [1.807, 2.05) is 21.7 Å². The lowest BCUT2D eigenvalue weighted by atomic mass is 10.1. The Bertz CT molecular complexity index is 6390. The molecule has 674 valence electrons. The molecule has 3 heterocycles. The number of benzene rings is 12. The van der Waals surface area contributed by atoms with E-state index in [9.17, 15) is 64.7 Å². The van der Waals surface area contributed by atoms with E-state index in [-0.39, 0.29) is 62.0 Å². The second-order valence-corrected chi connectivity index (χ2v) is 32.0. The number of amides is 8. The third kappa shape index (κ3) is 26.0. The van der Waals surface area contributed by atoms with Crippen LogP contribution in [0, 0.1) is 51.1 Å². The average Bonchev–Trinajstić information content (AvgIpc) is 1.23. The van der Waals surface area contributed by atoms with Crippen molar-refractivity contribution in [3.8, 4) is 0 Å². The lowest BCUT2D eigenvalue weighted by Gasteiger charge is -2.29. The summed E-state index contributed by atoms with van der Waals surface area (Å²) in [6, 6.07) is 60.9. The molecule has 0 bridgehead atoms. The van der Waals surface area contributed by atoms with Gasteiger partial charge in [0.2, 0.25) is 0 Å². The molecule has 11 N–H and O–H groups in total. The van der Waals surface area contributed by atoms with E-state index >= 15 is 0 Å². The fraction of sp³-hybridized carbons (Fsp3) is 0.143. The third-order valence-corrected chi connectivity index (χ3v) is 21.7. The van der Waals surface area contributed by atoms with Crippen molar-refractivity contribution in [3.05, 3.63) is 377 Å². The first-order valence-electron chi connectivity index (χ1n) is 41.0. The Morgan fingerprint density at radius 2 is 0.591 bits per heavy atom. The summed E-state index contributed by atoms with van der Waals surface area (Å²) in [6.45, 7) is 4.84. The number of carbonyl (C=O) groups excluding carboxylic acids is 8. The standard InChI is InChI=1S/C26H24ClFN4O2.C25H22ClFN4O2.C24H19ClF2N4O2.C23H19ClF2N4O2/c27-19-8-11-21(12-9-19)30-26(34)22-16-20(28)10-13-23(22)31-25(33)18-6-4-17(5-7-18)24(29)32-14-2-1-3-15-32;26-18-7-10-20(11-8-18)29-25(33)21-15-19(27)9-12-22(21)30-24(32)17-5-3-16(4-6-17)23(28)31-13-1-2-14-31;1-31-11-10-28-22(31)14-2-8-18(20(27)12-14)23(32)30-21-9-5-16(26)13-19(21)24(33)29-17-6-3-15(25)4-7-17;1-30(2)21(27)13-3-9-17(19(26)11-13)22(31)29-20-10-6-15(25)12-18(20)23(32)28-16-7-4-14(24)5-8-16/h4-13,16,29H,1-3,14-15H2,(H,30,34)(H,31,33);3-12,15,28H,1-2,13-14H2,(H,29,33)(H,30,32);2-9,12-13H,10-11H2,1H3,(H,29,33)(H,30,32);3-12,27H,1-2H3,(H,28,32)(H,29,31). The second kappa shape index (κ2) is 44.8. The number of hydrogen-bond acceptors (Lipinski definition) is 13. The zero-order valence-corrected chi connectivity index (χ0v) is 73.8. The number of anilines is 8. The van der Waals surface area contributed by atoms with Gasteiger partial charge in [-0.05, 0) is 250 Å². The molecule has 0 aromatic heterocycles. The van der Waals surface area contributed by atoms with Crippen LogP contribution in [0.3, 0.4) is 0 Å². The highest BCUT2D eigenvalue weighted by molar-refractivity contribution is 6.32. The van der Waals surface area contributed by atoms with Gasteiger partial charge in [0.1, 0.15) is 58.2 Å². The SMILES string of the molecule is CN(C)C(=N)c1ccc(C(=O)Nc2ccc(F)cc2C(=O)Nc2ccc(Cl)cc2)c(F)c1.CN1CCN=C1c1ccc(C(=O)Nc2ccc(F)cc2C(=O)Nc2ccc(Cl)cc2)c(F)c1.N=C(c1ccc(C(=O)Nc2ccc(F)cc2C(=O)Nc2ccc(Cl)cc2)cc1)N1CCCC1.N=C(c1ccc(C(=O)Nc2ccc(F)cc2C(=O)Nc2ccc(Cl)cc2)cc1)N1CCCCC1. The van der Waals surface area contributed by atoms with E-state index < -0.39 is 82.2 Å². The van der Waals surface area contributed by atoms with Gasteiger partial charge in [0.25, 0.3) is 47.3 Å². The van der Waals surface area contributed by atoms with Crippen LogP contribution in [0.15, 0.2) is 260 Å². The Morgan fingerprint density at radius 1 is 0.311 bits per heavy atom. The maximum atomic E-state index is 14.7. The van der Waals surface area contributed by atoms with Crippen LogP contribution in [0.25, 0.3) is 0 Å². The highest BCUT2D eigenvalue weighted by Gasteiger charge is 2.27. The Balaban J connectivity index is 0.000000159. The molecule has 132 heavy (non-hydrogen) atoms. The lowest BCUT2D eigenvalue weighted by molar-refractivity contribution is 0.100. The maximum absolute atomic E-state index is 14.7. The van der Waals surface area contributed by atoms with Gasteiger partial charge in [-0.15, -0.1) is 0 Å². The first kappa shape index (κ1) is 96.1. The number of likely N-dealkylation sites (N-methyl/N-ethyl adjacent to an activating group) is 1. The van der Waals surface area contributed by atoms with E-state index in [1.54, 1.807) is 166 Å². The summed E-state index contributed by atoms with van der Waals surface area (Å²) in [5, 5.41) is 47.5. The molecule has 0 unspecified atom stereocenters. The molecule has 0 radical (unpaired) electrons. The first-order chi connectivity index (χ1) is 63.3. The van der Waals surface area contributed by atoms with E-state index in [1.165, 1.54) is 72.0 Å². The summed E-state index contributed by atoms with van der Waals surface area (Å²) in [5.74, 6) is -7.40. The number of nitrogens with one attached hydrogen (secondary N) is 11. The summed E-state index contributed by atoms with van der Waals surface area (Å²) in [5.41, 5.74) is 4.54. The highest BCUT2D eigenvalue weighted by Crippen LogP contribution is 2.30. The maximum Gasteiger partial charge on any atom is 0.258 e. The van der Waals surface area contributed by atoms with E-state index in [2.05, 4.69) is 47.5 Å². The van der Waals surface area contributed by atoms with Crippen molar-refractivity contribution < 1.29 is 64.7 Å². The van der Waals surface area contributed by atoms with Gasteiger partial charge in [-0.3, -0.25) is 59.6 Å². The molecule has 0 spiro atoms. The quantitative estimate of drug-likeness (QED) is 0.0193. The topological polar surface area (TPSA) is 330 Å². The number of piperidine rings is 1. The van der Waals surface area contributed by atoms with Gasteiger partial charge < -0.3 is 62.1 Å². The zero-order chi connectivity index (χ0) is 94.4. The number of likely N-dealkylation sites (tertiary alicyclic amines) is 2. The van der Waals surface area contributed by atoms with Crippen LogP contribution in [-0.4, -0.2) is 151 Å². The molecule has 34 heteroatoms. The van der Waals surface area contributed by atoms with E-state index in [4.69, 9.17) is 62.6 Å². The van der Waals surface area contributed by atoms with Crippen LogP contribution in [-0.2, 0) is 0 Å².